The first kappa shape index (κ1) is 18.8. The minimum Gasteiger partial charge on any atom is -0.443 e. The molecule has 0 fully saturated rings. The van der Waals surface area contributed by atoms with Gasteiger partial charge in [-0.15, -0.1) is 0 Å². The maximum Gasteiger partial charge on any atom is 0.435 e. The molecular formula is C17H20F3N3O2. The van der Waals surface area contributed by atoms with E-state index >= 15 is 0 Å². The Bertz CT molecular complexity index is 759. The lowest BCUT2D eigenvalue weighted by Gasteiger charge is -2.24. The van der Waals surface area contributed by atoms with Crippen molar-refractivity contribution in [3.8, 4) is 5.69 Å². The first-order chi connectivity index (χ1) is 11.4. The van der Waals surface area contributed by atoms with Gasteiger partial charge < -0.3 is 4.74 Å². The number of alkyl halides is 3. The molecule has 0 aliphatic rings. The number of aromatic nitrogens is 2. The Morgan fingerprint density at radius 2 is 1.72 bits per heavy atom. The summed E-state index contributed by atoms with van der Waals surface area (Å²) in [5, 5.41) is 3.60. The van der Waals surface area contributed by atoms with Gasteiger partial charge in [0.25, 0.3) is 0 Å². The third kappa shape index (κ3) is 4.52. The standard InChI is InChI=1S/C17H20F3N3O2/c1-11-10-14(17(18,19)20)21-23(11)13-8-6-12(7-9-13)22(5)15(24)25-16(2,3)4/h6-10H,1-5H3. The minimum absolute atomic E-state index is 0.362. The van der Waals surface area contributed by atoms with Crippen molar-refractivity contribution in [1.82, 2.24) is 9.78 Å². The Hall–Kier alpha value is -2.51. The van der Waals surface area contributed by atoms with E-state index in [0.717, 1.165) is 6.07 Å². The number of halogens is 3. The van der Waals surface area contributed by atoms with Crippen LogP contribution in [0.4, 0.5) is 23.7 Å². The van der Waals surface area contributed by atoms with E-state index in [0.29, 0.717) is 17.1 Å². The van der Waals surface area contributed by atoms with E-state index in [1.165, 1.54) is 9.58 Å². The highest BCUT2D eigenvalue weighted by Crippen LogP contribution is 2.29. The fraction of sp³-hybridized carbons (Fsp3) is 0.412. The molecule has 0 unspecified atom stereocenters. The second kappa shape index (κ2) is 6.42. The molecule has 0 N–H and O–H groups in total. The van der Waals surface area contributed by atoms with Gasteiger partial charge in [0.05, 0.1) is 5.69 Å². The van der Waals surface area contributed by atoms with Crippen LogP contribution in [0.2, 0.25) is 0 Å². The molecule has 2 aromatic rings. The van der Waals surface area contributed by atoms with Crippen LogP contribution in [-0.4, -0.2) is 28.5 Å². The average molecular weight is 355 g/mol. The van der Waals surface area contributed by atoms with Crippen LogP contribution in [-0.2, 0) is 10.9 Å². The van der Waals surface area contributed by atoms with Crippen molar-refractivity contribution < 1.29 is 22.7 Å². The summed E-state index contributed by atoms with van der Waals surface area (Å²) in [6.07, 6.45) is -5.01. The smallest absolute Gasteiger partial charge is 0.435 e. The van der Waals surface area contributed by atoms with Gasteiger partial charge in [-0.25, -0.2) is 9.48 Å². The van der Waals surface area contributed by atoms with Gasteiger partial charge in [0, 0.05) is 18.4 Å². The van der Waals surface area contributed by atoms with Crippen LogP contribution in [0.3, 0.4) is 0 Å². The zero-order chi connectivity index (χ0) is 19.0. The summed E-state index contributed by atoms with van der Waals surface area (Å²) in [5.41, 5.74) is -0.181. The maximum absolute atomic E-state index is 12.8. The lowest BCUT2D eigenvalue weighted by atomic mass is 10.2. The second-order valence-corrected chi connectivity index (χ2v) is 6.64. The molecule has 0 saturated carbocycles. The Kier molecular flexibility index (Phi) is 4.83. The van der Waals surface area contributed by atoms with Crippen LogP contribution in [0, 0.1) is 6.92 Å². The average Bonchev–Trinajstić information content (AvgIpc) is 2.87. The number of carbonyl (C=O) groups is 1. The molecule has 0 saturated heterocycles. The van der Waals surface area contributed by atoms with Crippen molar-refractivity contribution in [3.05, 3.63) is 41.7 Å². The van der Waals surface area contributed by atoms with E-state index in [9.17, 15) is 18.0 Å². The third-order valence-electron chi connectivity index (χ3n) is 3.33. The van der Waals surface area contributed by atoms with Crippen LogP contribution in [0.25, 0.3) is 5.69 Å². The Morgan fingerprint density at radius 3 is 2.16 bits per heavy atom. The highest BCUT2D eigenvalue weighted by Gasteiger charge is 2.34. The van der Waals surface area contributed by atoms with Crippen molar-refractivity contribution in [3.63, 3.8) is 0 Å². The molecule has 136 valence electrons. The van der Waals surface area contributed by atoms with Crippen LogP contribution in [0.15, 0.2) is 30.3 Å². The molecule has 1 amide bonds. The summed E-state index contributed by atoms with van der Waals surface area (Å²) in [6, 6.07) is 7.41. The molecule has 0 bridgehead atoms. The highest BCUT2D eigenvalue weighted by molar-refractivity contribution is 5.87. The highest BCUT2D eigenvalue weighted by atomic mass is 19.4. The number of carbonyl (C=O) groups excluding carboxylic acids is 1. The molecule has 0 radical (unpaired) electrons. The summed E-state index contributed by atoms with van der Waals surface area (Å²) in [6.45, 7) is 6.84. The normalized spacial score (nSPS) is 12.2. The molecule has 0 aliphatic carbocycles. The number of amides is 1. The van der Waals surface area contributed by atoms with Crippen molar-refractivity contribution in [2.24, 2.45) is 0 Å². The zero-order valence-electron chi connectivity index (χ0n) is 14.7. The van der Waals surface area contributed by atoms with Crippen molar-refractivity contribution in [2.75, 3.05) is 11.9 Å². The number of aryl methyl sites for hydroxylation is 1. The van der Waals surface area contributed by atoms with Gasteiger partial charge >= 0.3 is 12.3 Å². The molecule has 8 heteroatoms. The maximum atomic E-state index is 12.8. The predicted molar refractivity (Wildman–Crippen MR) is 87.9 cm³/mol. The van der Waals surface area contributed by atoms with Gasteiger partial charge in [-0.3, -0.25) is 4.90 Å². The number of benzene rings is 1. The van der Waals surface area contributed by atoms with Gasteiger partial charge in [-0.2, -0.15) is 18.3 Å². The van der Waals surface area contributed by atoms with Gasteiger partial charge in [-0.05, 0) is 58.0 Å². The summed E-state index contributed by atoms with van der Waals surface area (Å²) in [5.74, 6) is 0. The summed E-state index contributed by atoms with van der Waals surface area (Å²) in [4.78, 5) is 13.4. The first-order valence-electron chi connectivity index (χ1n) is 7.59. The molecular weight excluding hydrogens is 335 g/mol. The van der Waals surface area contributed by atoms with Crippen LogP contribution in [0.1, 0.15) is 32.2 Å². The Morgan fingerprint density at radius 1 is 1.16 bits per heavy atom. The SMILES string of the molecule is Cc1cc(C(F)(F)F)nn1-c1ccc(N(C)C(=O)OC(C)(C)C)cc1. The summed E-state index contributed by atoms with van der Waals surface area (Å²) in [7, 11) is 1.56. The van der Waals surface area contributed by atoms with E-state index < -0.39 is 23.6 Å². The minimum atomic E-state index is -4.49. The first-order valence-corrected chi connectivity index (χ1v) is 7.59. The molecule has 25 heavy (non-hydrogen) atoms. The molecule has 1 heterocycles. The molecule has 0 aliphatic heterocycles. The van der Waals surface area contributed by atoms with E-state index in [4.69, 9.17) is 4.74 Å². The van der Waals surface area contributed by atoms with Crippen LogP contribution >= 0.6 is 0 Å². The molecule has 0 spiro atoms. The van der Waals surface area contributed by atoms with Crippen molar-refractivity contribution in [1.29, 1.82) is 0 Å². The second-order valence-electron chi connectivity index (χ2n) is 6.64. The molecule has 5 nitrogen and oxygen atoms in total. The number of rotatable bonds is 2. The molecule has 1 aromatic heterocycles. The van der Waals surface area contributed by atoms with Crippen LogP contribution in [0.5, 0.6) is 0 Å². The Labute approximate surface area is 144 Å². The topological polar surface area (TPSA) is 47.4 Å². The fourth-order valence-electron chi connectivity index (χ4n) is 2.13. The van der Waals surface area contributed by atoms with Gasteiger partial charge in [0.15, 0.2) is 5.69 Å². The molecule has 1 aromatic carbocycles. The van der Waals surface area contributed by atoms with E-state index in [2.05, 4.69) is 5.10 Å². The monoisotopic (exact) mass is 355 g/mol. The number of anilines is 1. The zero-order valence-corrected chi connectivity index (χ0v) is 14.7. The van der Waals surface area contributed by atoms with Crippen LogP contribution < -0.4 is 4.90 Å². The number of hydrogen-bond acceptors (Lipinski definition) is 3. The number of ether oxygens (including phenoxy) is 1. The predicted octanol–water partition coefficient (Wildman–Crippen LogP) is 4.57. The largest absolute Gasteiger partial charge is 0.443 e. The third-order valence-corrected chi connectivity index (χ3v) is 3.33. The number of nitrogens with zero attached hydrogens (tertiary/aromatic N) is 3. The summed E-state index contributed by atoms with van der Waals surface area (Å²) < 4.78 is 44.8. The van der Waals surface area contributed by atoms with Gasteiger partial charge in [0.2, 0.25) is 0 Å². The van der Waals surface area contributed by atoms with Crippen molar-refractivity contribution in [2.45, 2.75) is 39.5 Å². The number of hydrogen-bond donors (Lipinski definition) is 0. The Balaban J connectivity index is 2.23. The lowest BCUT2D eigenvalue weighted by molar-refractivity contribution is -0.141. The van der Waals surface area contributed by atoms with E-state index in [1.807, 2.05) is 0 Å². The summed E-state index contributed by atoms with van der Waals surface area (Å²) >= 11 is 0. The van der Waals surface area contributed by atoms with Gasteiger partial charge in [-0.1, -0.05) is 0 Å². The fourth-order valence-corrected chi connectivity index (χ4v) is 2.13. The molecule has 2 rings (SSSR count). The van der Waals surface area contributed by atoms with Gasteiger partial charge in [0.1, 0.15) is 5.60 Å². The van der Waals surface area contributed by atoms with E-state index in [1.54, 1.807) is 59.0 Å². The lowest BCUT2D eigenvalue weighted by Crippen LogP contribution is -2.34. The quantitative estimate of drug-likeness (QED) is 0.793. The van der Waals surface area contributed by atoms with E-state index in [-0.39, 0.29) is 0 Å². The van der Waals surface area contributed by atoms with Crippen molar-refractivity contribution >= 4 is 11.8 Å². The molecule has 0 atom stereocenters.